The summed E-state index contributed by atoms with van der Waals surface area (Å²) in [7, 11) is 1.43. The van der Waals surface area contributed by atoms with Crippen LogP contribution in [-0.4, -0.2) is 18.1 Å². The summed E-state index contributed by atoms with van der Waals surface area (Å²) in [6.07, 6.45) is 0. The van der Waals surface area contributed by atoms with E-state index in [0.717, 1.165) is 0 Å². The Hall–Kier alpha value is -2.11. The molecule has 6 heteroatoms. The molecule has 0 saturated heterocycles. The Kier molecular flexibility index (Phi) is 3.11. The van der Waals surface area contributed by atoms with Crippen LogP contribution in [0.15, 0.2) is 41.4 Å². The van der Waals surface area contributed by atoms with E-state index in [0.29, 0.717) is 22.0 Å². The van der Waals surface area contributed by atoms with E-state index in [9.17, 15) is 9.50 Å². The third kappa shape index (κ3) is 1.97. The number of nitrogens with two attached hydrogens (primary N) is 1. The summed E-state index contributed by atoms with van der Waals surface area (Å²) in [6.45, 7) is 0. The van der Waals surface area contributed by atoms with Gasteiger partial charge in [-0.15, -0.1) is 0 Å². The first-order valence-electron chi connectivity index (χ1n) is 6.18. The molecule has 0 aromatic heterocycles. The molecule has 0 radical (unpaired) electrons. The maximum Gasteiger partial charge on any atom is 0.178 e. The van der Waals surface area contributed by atoms with Crippen LogP contribution in [-0.2, 0) is 5.60 Å². The Labute approximate surface area is 125 Å². The van der Waals surface area contributed by atoms with Crippen LogP contribution in [0.1, 0.15) is 11.1 Å². The van der Waals surface area contributed by atoms with Crippen molar-refractivity contribution < 1.29 is 14.2 Å². The van der Waals surface area contributed by atoms with E-state index in [1.54, 1.807) is 18.2 Å². The van der Waals surface area contributed by atoms with Crippen molar-refractivity contribution in [2.24, 2.45) is 10.7 Å². The molecule has 0 saturated carbocycles. The minimum absolute atomic E-state index is 0.0522. The first-order valence-corrected chi connectivity index (χ1v) is 6.55. The van der Waals surface area contributed by atoms with Gasteiger partial charge in [-0.2, -0.15) is 0 Å². The van der Waals surface area contributed by atoms with E-state index < -0.39 is 11.4 Å². The van der Waals surface area contributed by atoms with Crippen LogP contribution in [0.5, 0.6) is 5.75 Å². The number of amidine groups is 1. The maximum atomic E-state index is 13.6. The van der Waals surface area contributed by atoms with Gasteiger partial charge in [0.1, 0.15) is 17.4 Å². The van der Waals surface area contributed by atoms with Gasteiger partial charge in [-0.25, -0.2) is 9.38 Å². The van der Waals surface area contributed by atoms with Crippen LogP contribution in [0.2, 0.25) is 5.02 Å². The SMILES string of the molecule is COc1ccc(F)cc1C1(O)C(N)=Nc2ccc(Cl)cc21. The maximum absolute atomic E-state index is 13.6. The van der Waals surface area contributed by atoms with E-state index in [4.69, 9.17) is 22.1 Å². The molecule has 3 N–H and O–H groups in total. The molecule has 0 bridgehead atoms. The van der Waals surface area contributed by atoms with Gasteiger partial charge in [0.2, 0.25) is 0 Å². The Morgan fingerprint density at radius 1 is 1.24 bits per heavy atom. The summed E-state index contributed by atoms with van der Waals surface area (Å²) in [5.74, 6) is -0.254. The molecular weight excluding hydrogens is 295 g/mol. The number of ether oxygens (including phenoxy) is 1. The van der Waals surface area contributed by atoms with Crippen molar-refractivity contribution in [2.45, 2.75) is 5.60 Å². The van der Waals surface area contributed by atoms with Crippen molar-refractivity contribution >= 4 is 23.1 Å². The highest BCUT2D eigenvalue weighted by Gasteiger charge is 2.44. The Balaban J connectivity index is 2.30. The second-order valence-electron chi connectivity index (χ2n) is 4.71. The predicted molar refractivity (Wildman–Crippen MR) is 78.7 cm³/mol. The number of methoxy groups -OCH3 is 1. The summed E-state index contributed by atoms with van der Waals surface area (Å²) in [5, 5.41) is 11.5. The molecule has 1 aliphatic rings. The molecule has 0 spiro atoms. The molecule has 2 aromatic carbocycles. The first kappa shape index (κ1) is 13.9. The molecule has 1 heterocycles. The van der Waals surface area contributed by atoms with E-state index in [1.165, 1.54) is 25.3 Å². The number of nitrogens with zero attached hydrogens (tertiary/aromatic N) is 1. The molecule has 0 aliphatic carbocycles. The fourth-order valence-electron chi connectivity index (χ4n) is 2.49. The van der Waals surface area contributed by atoms with Gasteiger partial charge < -0.3 is 15.6 Å². The van der Waals surface area contributed by atoms with Crippen molar-refractivity contribution in [2.75, 3.05) is 7.11 Å². The van der Waals surface area contributed by atoms with Crippen LogP contribution in [0, 0.1) is 5.82 Å². The number of fused-ring (bicyclic) bond motifs is 1. The van der Waals surface area contributed by atoms with Gasteiger partial charge >= 0.3 is 0 Å². The molecule has 108 valence electrons. The molecule has 2 aromatic rings. The fourth-order valence-corrected chi connectivity index (χ4v) is 2.66. The first-order chi connectivity index (χ1) is 9.96. The number of hydrogen-bond acceptors (Lipinski definition) is 4. The van der Waals surface area contributed by atoms with Crippen LogP contribution in [0.3, 0.4) is 0 Å². The molecule has 4 nitrogen and oxygen atoms in total. The average Bonchev–Trinajstić information content (AvgIpc) is 2.72. The summed E-state index contributed by atoms with van der Waals surface area (Å²) in [4.78, 5) is 4.14. The molecule has 0 amide bonds. The second-order valence-corrected chi connectivity index (χ2v) is 5.15. The lowest BCUT2D eigenvalue weighted by Crippen LogP contribution is -2.40. The summed E-state index contributed by atoms with van der Waals surface area (Å²) in [6, 6.07) is 8.70. The highest BCUT2D eigenvalue weighted by molar-refractivity contribution is 6.30. The molecule has 21 heavy (non-hydrogen) atoms. The van der Waals surface area contributed by atoms with Gasteiger partial charge in [0, 0.05) is 16.1 Å². The molecule has 1 atom stereocenters. The van der Waals surface area contributed by atoms with E-state index in [2.05, 4.69) is 4.99 Å². The van der Waals surface area contributed by atoms with E-state index in [-0.39, 0.29) is 11.4 Å². The van der Waals surface area contributed by atoms with Gasteiger partial charge in [-0.1, -0.05) is 11.6 Å². The van der Waals surface area contributed by atoms with Gasteiger partial charge in [0.25, 0.3) is 0 Å². The highest BCUT2D eigenvalue weighted by Crippen LogP contribution is 2.45. The second kappa shape index (κ2) is 4.72. The van der Waals surface area contributed by atoms with Gasteiger partial charge in [0.15, 0.2) is 5.60 Å². The van der Waals surface area contributed by atoms with E-state index >= 15 is 0 Å². The zero-order valence-electron chi connectivity index (χ0n) is 11.1. The fraction of sp³-hybridized carbons (Fsp3) is 0.133. The normalized spacial score (nSPS) is 20.1. The van der Waals surface area contributed by atoms with Gasteiger partial charge in [0.05, 0.1) is 12.8 Å². The number of aliphatic hydroxyl groups is 1. The zero-order valence-corrected chi connectivity index (χ0v) is 11.9. The average molecular weight is 307 g/mol. The molecule has 1 aliphatic heterocycles. The molecule has 1 unspecified atom stereocenters. The van der Waals surface area contributed by atoms with E-state index in [1.807, 2.05) is 0 Å². The number of hydrogen-bond donors (Lipinski definition) is 2. The van der Waals surface area contributed by atoms with Crippen LogP contribution >= 0.6 is 11.6 Å². The Morgan fingerprint density at radius 3 is 2.71 bits per heavy atom. The van der Waals surface area contributed by atoms with Crippen molar-refractivity contribution in [3.05, 3.63) is 58.4 Å². The Bertz CT molecular complexity index is 763. The summed E-state index contributed by atoms with van der Waals surface area (Å²) in [5.41, 5.74) is 5.21. The highest BCUT2D eigenvalue weighted by atomic mass is 35.5. The largest absolute Gasteiger partial charge is 0.496 e. The summed E-state index contributed by atoms with van der Waals surface area (Å²) < 4.78 is 18.8. The number of benzene rings is 2. The molecule has 3 rings (SSSR count). The monoisotopic (exact) mass is 306 g/mol. The Morgan fingerprint density at radius 2 is 2.00 bits per heavy atom. The lowest BCUT2D eigenvalue weighted by Gasteiger charge is -2.26. The van der Waals surface area contributed by atoms with Crippen molar-refractivity contribution in [3.8, 4) is 5.75 Å². The summed E-state index contributed by atoms with van der Waals surface area (Å²) >= 11 is 5.98. The third-order valence-corrected chi connectivity index (χ3v) is 3.75. The zero-order chi connectivity index (χ0) is 15.2. The van der Waals surface area contributed by atoms with Gasteiger partial charge in [-0.3, -0.25) is 0 Å². The predicted octanol–water partition coefficient (Wildman–Crippen LogP) is 2.73. The minimum Gasteiger partial charge on any atom is -0.496 e. The van der Waals surface area contributed by atoms with Crippen molar-refractivity contribution in [1.29, 1.82) is 0 Å². The molecular formula is C15H12ClFN2O2. The number of aliphatic imine (C=N–C) groups is 1. The molecule has 0 fully saturated rings. The number of halogens is 2. The lowest BCUT2D eigenvalue weighted by atomic mass is 9.85. The lowest BCUT2D eigenvalue weighted by molar-refractivity contribution is 0.154. The van der Waals surface area contributed by atoms with Crippen LogP contribution < -0.4 is 10.5 Å². The smallest absolute Gasteiger partial charge is 0.178 e. The standard InChI is InChI=1S/C15H12ClFN2O2/c1-21-13-5-3-9(17)7-11(13)15(20)10-6-8(16)2-4-12(10)19-14(15)18/h2-7,20H,1H3,(H2,18,19). The third-order valence-electron chi connectivity index (χ3n) is 3.51. The quantitative estimate of drug-likeness (QED) is 0.896. The minimum atomic E-state index is -1.77. The van der Waals surface area contributed by atoms with Crippen LogP contribution in [0.25, 0.3) is 0 Å². The van der Waals surface area contributed by atoms with Crippen molar-refractivity contribution in [3.63, 3.8) is 0 Å². The topological polar surface area (TPSA) is 67.8 Å². The number of rotatable bonds is 2. The van der Waals surface area contributed by atoms with Crippen molar-refractivity contribution in [1.82, 2.24) is 0 Å². The van der Waals surface area contributed by atoms with Crippen LogP contribution in [0.4, 0.5) is 10.1 Å². The van der Waals surface area contributed by atoms with Gasteiger partial charge in [-0.05, 0) is 36.4 Å².